The summed E-state index contributed by atoms with van der Waals surface area (Å²) in [6.45, 7) is 4.07. The van der Waals surface area contributed by atoms with Crippen molar-refractivity contribution in [2.45, 2.75) is 39.2 Å². The van der Waals surface area contributed by atoms with Gasteiger partial charge in [-0.2, -0.15) is 17.0 Å². The van der Waals surface area contributed by atoms with E-state index in [0.29, 0.717) is 6.42 Å². The standard InChI is InChI=1S/C12H22N2OS/c1-5-7-10(8-13)12(15)14(3)11(6-2)9-16-4/h10-11H,5-7,9H2,1-4H3. The molecule has 3 nitrogen and oxygen atoms in total. The largest absolute Gasteiger partial charge is 0.341 e. The van der Waals surface area contributed by atoms with E-state index < -0.39 is 5.92 Å². The van der Waals surface area contributed by atoms with Gasteiger partial charge in [0.1, 0.15) is 5.92 Å². The molecule has 0 aromatic rings. The van der Waals surface area contributed by atoms with E-state index in [1.807, 2.05) is 20.2 Å². The Bertz CT molecular complexity index is 250. The van der Waals surface area contributed by atoms with Crippen molar-refractivity contribution in [3.63, 3.8) is 0 Å². The first-order valence-electron chi connectivity index (χ1n) is 5.77. The molecule has 0 spiro atoms. The average molecular weight is 242 g/mol. The third-order valence-electron chi connectivity index (χ3n) is 2.76. The van der Waals surface area contributed by atoms with Crippen molar-refractivity contribution < 1.29 is 4.79 Å². The van der Waals surface area contributed by atoms with Crippen LogP contribution in [-0.4, -0.2) is 35.9 Å². The molecule has 0 N–H and O–H groups in total. The van der Waals surface area contributed by atoms with Gasteiger partial charge in [-0.1, -0.05) is 20.3 Å². The van der Waals surface area contributed by atoms with Gasteiger partial charge < -0.3 is 4.90 Å². The SMILES string of the molecule is CCCC(C#N)C(=O)N(C)C(CC)CSC. The molecule has 0 bridgehead atoms. The van der Waals surface area contributed by atoms with E-state index >= 15 is 0 Å². The predicted molar refractivity (Wildman–Crippen MR) is 69.2 cm³/mol. The molecule has 0 aliphatic rings. The lowest BCUT2D eigenvalue weighted by molar-refractivity contribution is -0.134. The van der Waals surface area contributed by atoms with Gasteiger partial charge in [-0.05, 0) is 19.1 Å². The maximum absolute atomic E-state index is 12.0. The van der Waals surface area contributed by atoms with Gasteiger partial charge in [0.05, 0.1) is 6.07 Å². The monoisotopic (exact) mass is 242 g/mol. The molecule has 0 aliphatic carbocycles. The van der Waals surface area contributed by atoms with Gasteiger partial charge in [0.15, 0.2) is 0 Å². The fourth-order valence-corrected chi connectivity index (χ4v) is 2.50. The minimum absolute atomic E-state index is 0.0229. The van der Waals surface area contributed by atoms with Gasteiger partial charge >= 0.3 is 0 Å². The summed E-state index contributed by atoms with van der Waals surface area (Å²) >= 11 is 1.74. The van der Waals surface area contributed by atoms with Crippen LogP contribution in [0.15, 0.2) is 0 Å². The van der Waals surface area contributed by atoms with Gasteiger partial charge in [-0.3, -0.25) is 4.79 Å². The van der Waals surface area contributed by atoms with Crippen molar-refractivity contribution in [3.05, 3.63) is 0 Å². The van der Waals surface area contributed by atoms with Crippen molar-refractivity contribution in [2.24, 2.45) is 5.92 Å². The normalized spacial score (nSPS) is 13.9. The summed E-state index contributed by atoms with van der Waals surface area (Å²) in [5.74, 6) is 0.444. The Kier molecular flexibility index (Phi) is 8.10. The number of hydrogen-bond donors (Lipinski definition) is 0. The van der Waals surface area contributed by atoms with E-state index in [1.165, 1.54) is 0 Å². The second-order valence-corrected chi connectivity index (χ2v) is 4.85. The van der Waals surface area contributed by atoms with Crippen molar-refractivity contribution in [3.8, 4) is 6.07 Å². The van der Waals surface area contributed by atoms with Crippen molar-refractivity contribution in [2.75, 3.05) is 19.1 Å². The number of nitriles is 1. The third kappa shape index (κ3) is 4.44. The Morgan fingerprint density at radius 2 is 2.12 bits per heavy atom. The molecule has 0 aromatic carbocycles. The maximum Gasteiger partial charge on any atom is 0.239 e. The number of amides is 1. The van der Waals surface area contributed by atoms with Crippen LogP contribution in [0, 0.1) is 17.2 Å². The molecule has 2 atom stereocenters. The highest BCUT2D eigenvalue weighted by molar-refractivity contribution is 7.98. The number of carbonyl (C=O) groups is 1. The van der Waals surface area contributed by atoms with Gasteiger partial charge in [-0.15, -0.1) is 0 Å². The molecule has 0 fully saturated rings. The first-order chi connectivity index (χ1) is 7.62. The molecule has 2 unspecified atom stereocenters. The second kappa shape index (κ2) is 8.46. The fourth-order valence-electron chi connectivity index (χ4n) is 1.65. The van der Waals surface area contributed by atoms with Crippen LogP contribution >= 0.6 is 11.8 Å². The Morgan fingerprint density at radius 3 is 2.50 bits per heavy atom. The van der Waals surface area contributed by atoms with Gasteiger partial charge in [0.25, 0.3) is 0 Å². The van der Waals surface area contributed by atoms with Crippen molar-refractivity contribution in [1.29, 1.82) is 5.26 Å². The zero-order valence-electron chi connectivity index (χ0n) is 10.7. The third-order valence-corrected chi connectivity index (χ3v) is 3.48. The molecule has 0 aliphatic heterocycles. The molecule has 4 heteroatoms. The summed E-state index contributed by atoms with van der Waals surface area (Å²) in [6, 6.07) is 2.35. The first-order valence-corrected chi connectivity index (χ1v) is 7.16. The Labute approximate surface area is 103 Å². The lowest BCUT2D eigenvalue weighted by Crippen LogP contribution is -2.41. The lowest BCUT2D eigenvalue weighted by Gasteiger charge is -2.28. The van der Waals surface area contributed by atoms with Gasteiger partial charge in [-0.25, -0.2) is 0 Å². The van der Waals surface area contributed by atoms with Crippen molar-refractivity contribution in [1.82, 2.24) is 4.90 Å². The zero-order chi connectivity index (χ0) is 12.6. The summed E-state index contributed by atoms with van der Waals surface area (Å²) < 4.78 is 0. The summed E-state index contributed by atoms with van der Waals surface area (Å²) in [7, 11) is 1.81. The predicted octanol–water partition coefficient (Wildman–Crippen LogP) is 2.53. The topological polar surface area (TPSA) is 44.1 Å². The van der Waals surface area contributed by atoms with Crippen LogP contribution < -0.4 is 0 Å². The zero-order valence-corrected chi connectivity index (χ0v) is 11.5. The average Bonchev–Trinajstić information content (AvgIpc) is 2.31. The Hall–Kier alpha value is -0.690. The van der Waals surface area contributed by atoms with Crippen molar-refractivity contribution >= 4 is 17.7 Å². The second-order valence-electron chi connectivity index (χ2n) is 3.94. The summed E-state index contributed by atoms with van der Waals surface area (Å²) in [6.07, 6.45) is 4.51. The minimum Gasteiger partial charge on any atom is -0.341 e. The van der Waals surface area contributed by atoms with Crippen LogP contribution in [0.2, 0.25) is 0 Å². The molecule has 0 heterocycles. The van der Waals surface area contributed by atoms with E-state index in [2.05, 4.69) is 13.0 Å². The maximum atomic E-state index is 12.0. The summed E-state index contributed by atoms with van der Waals surface area (Å²) in [5.41, 5.74) is 0. The van der Waals surface area contributed by atoms with Gasteiger partial charge in [0.2, 0.25) is 5.91 Å². The van der Waals surface area contributed by atoms with Crippen LogP contribution in [0.25, 0.3) is 0 Å². The smallest absolute Gasteiger partial charge is 0.239 e. The molecule has 0 rings (SSSR count). The highest BCUT2D eigenvalue weighted by atomic mass is 32.2. The van der Waals surface area contributed by atoms with Crippen LogP contribution in [0.3, 0.4) is 0 Å². The molecule has 1 amide bonds. The molecule has 0 saturated heterocycles. The molecule has 0 radical (unpaired) electrons. The number of nitrogens with zero attached hydrogens (tertiary/aromatic N) is 2. The Balaban J connectivity index is 4.50. The van der Waals surface area contributed by atoms with E-state index in [9.17, 15) is 4.79 Å². The first kappa shape index (κ1) is 15.3. The fraction of sp³-hybridized carbons (Fsp3) is 0.833. The van der Waals surface area contributed by atoms with E-state index in [-0.39, 0.29) is 11.9 Å². The number of thioether (sulfide) groups is 1. The molecular formula is C12H22N2OS. The highest BCUT2D eigenvalue weighted by Crippen LogP contribution is 2.14. The number of carbonyl (C=O) groups excluding carboxylic acids is 1. The van der Waals surface area contributed by atoms with Crippen LogP contribution in [0.5, 0.6) is 0 Å². The van der Waals surface area contributed by atoms with E-state index in [0.717, 1.165) is 18.6 Å². The summed E-state index contributed by atoms with van der Waals surface area (Å²) in [4.78, 5) is 13.8. The molecule has 16 heavy (non-hydrogen) atoms. The Morgan fingerprint density at radius 1 is 1.50 bits per heavy atom. The quantitative estimate of drug-likeness (QED) is 0.689. The number of rotatable bonds is 7. The molecule has 0 aromatic heterocycles. The number of hydrogen-bond acceptors (Lipinski definition) is 3. The van der Waals surface area contributed by atoms with E-state index in [4.69, 9.17) is 5.26 Å². The molecule has 0 saturated carbocycles. The highest BCUT2D eigenvalue weighted by Gasteiger charge is 2.25. The summed E-state index contributed by atoms with van der Waals surface area (Å²) in [5, 5.41) is 8.96. The van der Waals surface area contributed by atoms with Crippen LogP contribution in [0.1, 0.15) is 33.1 Å². The van der Waals surface area contributed by atoms with E-state index in [1.54, 1.807) is 16.7 Å². The van der Waals surface area contributed by atoms with Gasteiger partial charge in [0, 0.05) is 18.8 Å². The van der Waals surface area contributed by atoms with Crippen LogP contribution in [-0.2, 0) is 4.79 Å². The minimum atomic E-state index is -0.467. The molecular weight excluding hydrogens is 220 g/mol. The lowest BCUT2D eigenvalue weighted by atomic mass is 10.0. The molecule has 92 valence electrons. The van der Waals surface area contributed by atoms with Crippen LogP contribution in [0.4, 0.5) is 0 Å².